The first-order chi connectivity index (χ1) is 5.02. The van der Waals surface area contributed by atoms with E-state index in [2.05, 4.69) is 39.7 Å². The molecule has 0 fully saturated rings. The van der Waals surface area contributed by atoms with Crippen molar-refractivity contribution in [3.05, 3.63) is 23.5 Å². The van der Waals surface area contributed by atoms with E-state index in [1.807, 2.05) is 0 Å². The van der Waals surface area contributed by atoms with Crippen LogP contribution in [-0.2, 0) is 0 Å². The third kappa shape index (κ3) is 2.45. The van der Waals surface area contributed by atoms with Gasteiger partial charge < -0.3 is 0 Å². The summed E-state index contributed by atoms with van der Waals surface area (Å²) >= 11 is -1.73. The van der Waals surface area contributed by atoms with Gasteiger partial charge >= 0.3 is 75.1 Å². The van der Waals surface area contributed by atoms with Crippen molar-refractivity contribution >= 4 is 29.9 Å². The van der Waals surface area contributed by atoms with Crippen molar-refractivity contribution in [1.29, 1.82) is 0 Å². The van der Waals surface area contributed by atoms with Crippen LogP contribution in [0.25, 0.3) is 0 Å². The van der Waals surface area contributed by atoms with Crippen LogP contribution in [0.3, 0.4) is 0 Å². The molecule has 0 unspecified atom stereocenters. The maximum atomic E-state index is 2.48. The molecule has 0 spiro atoms. The molecule has 1 aromatic rings. The van der Waals surface area contributed by atoms with Gasteiger partial charge in [0.25, 0.3) is 0 Å². The molecule has 60 valence electrons. The second-order valence-electron chi connectivity index (χ2n) is 3.92. The summed E-state index contributed by atoms with van der Waals surface area (Å²) in [7, 11) is 1.46. The molecular weight excluding hydrogens is 258 g/mol. The van der Waals surface area contributed by atoms with Crippen LogP contribution < -0.4 is 3.31 Å². The summed E-state index contributed by atoms with van der Waals surface area (Å²) in [6.45, 7) is 2.24. The summed E-state index contributed by atoms with van der Waals surface area (Å²) in [5.41, 5.74) is 1.53. The fraction of sp³-hybridized carbons (Fsp3) is 0.444. The Morgan fingerprint density at radius 3 is 2.27 bits per heavy atom. The third-order valence-electron chi connectivity index (χ3n) is 1.72. The van der Waals surface area contributed by atoms with Gasteiger partial charge in [0.2, 0.25) is 0 Å². The summed E-state index contributed by atoms with van der Waals surface area (Å²) in [5.74, 6) is 2.25. The Labute approximate surface area is 75.0 Å². The van der Waals surface area contributed by atoms with Crippen LogP contribution in [-0.4, -0.2) is 18.4 Å². The van der Waals surface area contributed by atoms with E-state index in [0.29, 0.717) is 0 Å². The molecule has 1 rings (SSSR count). The Hall–Kier alpha value is 0.449. The molecule has 0 N–H and O–H groups in total. The molecule has 1 aromatic heterocycles. The molecule has 1 heterocycles. The van der Waals surface area contributed by atoms with Gasteiger partial charge in [0, 0.05) is 0 Å². The number of rotatable bonds is 1. The van der Waals surface area contributed by atoms with E-state index in [0.717, 1.165) is 0 Å². The summed E-state index contributed by atoms with van der Waals surface area (Å²) < 4.78 is 1.75. The molecule has 0 saturated heterocycles. The van der Waals surface area contributed by atoms with Crippen LogP contribution in [0.4, 0.5) is 0 Å². The number of hydrogen-bond acceptors (Lipinski definition) is 0. The predicted octanol–water partition coefficient (Wildman–Crippen LogP) is 3.12. The molecule has 0 aromatic carbocycles. The molecule has 0 aliphatic heterocycles. The molecule has 11 heavy (non-hydrogen) atoms. The fourth-order valence-electron chi connectivity index (χ4n) is 1.27. The zero-order valence-corrected chi connectivity index (χ0v) is 11.4. The van der Waals surface area contributed by atoms with Gasteiger partial charge in [-0.05, 0) is 0 Å². The molecule has 0 aliphatic rings. The SMILES string of the molecule is Cc1cccp[c]1[Sn]([CH3])([CH3])[CH3]. The van der Waals surface area contributed by atoms with Crippen molar-refractivity contribution in [3.63, 3.8) is 0 Å². The minimum absolute atomic E-state index is 1.46. The quantitative estimate of drug-likeness (QED) is 0.689. The Morgan fingerprint density at radius 2 is 1.91 bits per heavy atom. The Morgan fingerprint density at radius 1 is 1.27 bits per heavy atom. The second-order valence-corrected chi connectivity index (χ2v) is 20.4. The van der Waals surface area contributed by atoms with Gasteiger partial charge in [0.1, 0.15) is 0 Å². The van der Waals surface area contributed by atoms with Gasteiger partial charge in [-0.15, -0.1) is 0 Å². The van der Waals surface area contributed by atoms with Gasteiger partial charge in [-0.1, -0.05) is 0 Å². The van der Waals surface area contributed by atoms with Crippen LogP contribution in [0.1, 0.15) is 5.56 Å². The molecule has 0 atom stereocenters. The summed E-state index contributed by atoms with van der Waals surface area (Å²) in [6.07, 6.45) is 0. The van der Waals surface area contributed by atoms with Gasteiger partial charge in [-0.3, -0.25) is 0 Å². The van der Waals surface area contributed by atoms with Crippen LogP contribution in [0.15, 0.2) is 17.9 Å². The topological polar surface area (TPSA) is 0 Å². The standard InChI is InChI=1S/C6H6P.3CH3.Sn/c1-6-3-2-4-7-5-6;;;;/h2-4H,1H3;3*1H3;. The first kappa shape index (κ1) is 9.54. The van der Waals surface area contributed by atoms with Crippen LogP contribution in [0.2, 0.25) is 14.8 Å². The third-order valence-corrected chi connectivity index (χ3v) is 13.4. The van der Waals surface area contributed by atoms with Crippen LogP contribution in [0.5, 0.6) is 0 Å². The van der Waals surface area contributed by atoms with Crippen molar-refractivity contribution in [1.82, 2.24) is 0 Å². The molecule has 0 bridgehead atoms. The Kier molecular flexibility index (Phi) is 2.99. The second kappa shape index (κ2) is 3.45. The van der Waals surface area contributed by atoms with Crippen molar-refractivity contribution in [3.8, 4) is 0 Å². The van der Waals surface area contributed by atoms with Gasteiger partial charge in [0.15, 0.2) is 0 Å². The summed E-state index contributed by atoms with van der Waals surface area (Å²) in [4.78, 5) is 7.44. The molecular formula is C9H15PSn. The Bertz CT molecular complexity index is 250. The molecule has 0 radical (unpaired) electrons. The predicted molar refractivity (Wildman–Crippen MR) is 56.7 cm³/mol. The fourth-order valence-corrected chi connectivity index (χ4v) is 9.83. The molecule has 2 heteroatoms. The van der Waals surface area contributed by atoms with Crippen LogP contribution >= 0.6 is 8.19 Å². The summed E-state index contributed by atoms with van der Waals surface area (Å²) in [5, 5.41) is 0. The van der Waals surface area contributed by atoms with E-state index in [-0.39, 0.29) is 0 Å². The van der Waals surface area contributed by atoms with E-state index < -0.39 is 18.4 Å². The van der Waals surface area contributed by atoms with Gasteiger partial charge in [-0.2, -0.15) is 0 Å². The molecule has 0 nitrogen and oxygen atoms in total. The molecule has 0 saturated carbocycles. The minimum atomic E-state index is -1.73. The van der Waals surface area contributed by atoms with E-state index >= 15 is 0 Å². The normalized spacial score (nSPS) is 12.4. The Balaban J connectivity index is 3.14. The van der Waals surface area contributed by atoms with Gasteiger partial charge in [-0.25, -0.2) is 0 Å². The van der Waals surface area contributed by atoms with E-state index in [1.165, 1.54) is 13.8 Å². The van der Waals surface area contributed by atoms with Crippen LogP contribution in [0, 0.1) is 6.92 Å². The molecule has 0 aliphatic carbocycles. The first-order valence-electron chi connectivity index (χ1n) is 3.94. The molecule has 0 amide bonds. The summed E-state index contributed by atoms with van der Waals surface area (Å²) in [6, 6.07) is 4.41. The van der Waals surface area contributed by atoms with E-state index in [4.69, 9.17) is 0 Å². The number of hydrogen-bond donors (Lipinski definition) is 0. The van der Waals surface area contributed by atoms with Gasteiger partial charge in [0.05, 0.1) is 0 Å². The van der Waals surface area contributed by atoms with E-state index in [1.54, 1.807) is 3.31 Å². The number of aryl methyl sites for hydroxylation is 1. The van der Waals surface area contributed by atoms with E-state index in [9.17, 15) is 0 Å². The maximum absolute atomic E-state index is 2.48. The van der Waals surface area contributed by atoms with Crippen molar-refractivity contribution in [2.75, 3.05) is 0 Å². The van der Waals surface area contributed by atoms with Crippen molar-refractivity contribution in [2.24, 2.45) is 0 Å². The van der Waals surface area contributed by atoms with Crippen molar-refractivity contribution in [2.45, 2.75) is 21.7 Å². The monoisotopic (exact) mass is 274 g/mol. The first-order valence-corrected chi connectivity index (χ1v) is 14.9. The van der Waals surface area contributed by atoms with Crippen molar-refractivity contribution < 1.29 is 0 Å². The average molecular weight is 273 g/mol. The zero-order chi connectivity index (χ0) is 8.48. The average Bonchev–Trinajstić information content (AvgIpc) is 1.86. The zero-order valence-electron chi connectivity index (χ0n) is 7.68.